The molecule has 2 rings (SSSR count). The number of rotatable bonds is 7. The van der Waals surface area contributed by atoms with E-state index in [4.69, 9.17) is 0 Å². The standard InChI is InChI=1S/C18H25N3O2S/c1-18(2,3)15-11-16(21(20-15)9-10-22)19-17(23)13-24-12-14-7-5-4-6-8-14/h4-8,11,22H,9-10,12-13H2,1-3H3,(H,19,23). The van der Waals surface area contributed by atoms with Crippen LogP contribution in [0, 0.1) is 0 Å². The first-order valence-electron chi connectivity index (χ1n) is 8.01. The van der Waals surface area contributed by atoms with E-state index in [1.165, 1.54) is 5.56 Å². The number of anilines is 1. The van der Waals surface area contributed by atoms with Gasteiger partial charge in [-0.2, -0.15) is 5.10 Å². The molecule has 1 heterocycles. The van der Waals surface area contributed by atoms with E-state index in [1.807, 2.05) is 24.3 Å². The number of hydrogen-bond donors (Lipinski definition) is 2. The lowest BCUT2D eigenvalue weighted by Gasteiger charge is -2.13. The number of nitrogens with one attached hydrogen (secondary N) is 1. The molecule has 1 aromatic carbocycles. The second-order valence-electron chi connectivity index (χ2n) is 6.64. The van der Waals surface area contributed by atoms with Gasteiger partial charge in [-0.05, 0) is 5.56 Å². The van der Waals surface area contributed by atoms with Gasteiger partial charge in [0.25, 0.3) is 0 Å². The minimum Gasteiger partial charge on any atom is -0.394 e. The molecule has 0 spiro atoms. The van der Waals surface area contributed by atoms with E-state index in [1.54, 1.807) is 16.4 Å². The van der Waals surface area contributed by atoms with Gasteiger partial charge in [0.05, 0.1) is 24.6 Å². The Labute approximate surface area is 147 Å². The molecule has 0 aliphatic carbocycles. The van der Waals surface area contributed by atoms with Crippen molar-refractivity contribution in [3.63, 3.8) is 0 Å². The van der Waals surface area contributed by atoms with Crippen LogP contribution in [0.3, 0.4) is 0 Å². The molecule has 1 aromatic heterocycles. The third-order valence-electron chi connectivity index (χ3n) is 3.47. The van der Waals surface area contributed by atoms with Crippen LogP contribution in [0.25, 0.3) is 0 Å². The molecule has 24 heavy (non-hydrogen) atoms. The average molecular weight is 347 g/mol. The van der Waals surface area contributed by atoms with Crippen LogP contribution in [0.4, 0.5) is 5.82 Å². The maximum Gasteiger partial charge on any atom is 0.235 e. The molecule has 130 valence electrons. The average Bonchev–Trinajstić information content (AvgIpc) is 2.92. The quantitative estimate of drug-likeness (QED) is 0.808. The topological polar surface area (TPSA) is 67.2 Å². The first kappa shape index (κ1) is 18.5. The number of carbonyl (C=O) groups excluding carboxylic acids is 1. The maximum atomic E-state index is 12.2. The Bertz CT molecular complexity index is 663. The molecule has 0 aliphatic heterocycles. The molecule has 6 heteroatoms. The smallest absolute Gasteiger partial charge is 0.235 e. The summed E-state index contributed by atoms with van der Waals surface area (Å²) < 4.78 is 1.65. The number of hydrogen-bond acceptors (Lipinski definition) is 4. The van der Waals surface area contributed by atoms with Crippen LogP contribution in [0.15, 0.2) is 36.4 Å². The van der Waals surface area contributed by atoms with E-state index in [0.29, 0.717) is 18.1 Å². The van der Waals surface area contributed by atoms with E-state index < -0.39 is 0 Å². The summed E-state index contributed by atoms with van der Waals surface area (Å²) in [5.41, 5.74) is 1.99. The van der Waals surface area contributed by atoms with Crippen LogP contribution in [-0.4, -0.2) is 33.2 Å². The van der Waals surface area contributed by atoms with Crippen molar-refractivity contribution in [3.05, 3.63) is 47.7 Å². The molecule has 0 radical (unpaired) electrons. The number of thioether (sulfide) groups is 1. The van der Waals surface area contributed by atoms with Gasteiger partial charge in [-0.25, -0.2) is 4.68 Å². The number of nitrogens with zero attached hydrogens (tertiary/aromatic N) is 2. The Hall–Kier alpha value is -1.79. The van der Waals surface area contributed by atoms with Crippen molar-refractivity contribution in [2.45, 2.75) is 38.5 Å². The first-order chi connectivity index (χ1) is 11.4. The number of aliphatic hydroxyl groups excluding tert-OH is 1. The highest BCUT2D eigenvalue weighted by atomic mass is 32.2. The second kappa shape index (κ2) is 8.35. The zero-order valence-corrected chi connectivity index (χ0v) is 15.3. The van der Waals surface area contributed by atoms with Gasteiger partial charge < -0.3 is 10.4 Å². The van der Waals surface area contributed by atoms with Crippen LogP contribution in [-0.2, 0) is 22.5 Å². The fraction of sp³-hybridized carbons (Fsp3) is 0.444. The van der Waals surface area contributed by atoms with Gasteiger partial charge in [-0.3, -0.25) is 4.79 Å². The highest BCUT2D eigenvalue weighted by Gasteiger charge is 2.20. The minimum absolute atomic E-state index is 0.0170. The molecule has 5 nitrogen and oxygen atoms in total. The lowest BCUT2D eigenvalue weighted by atomic mass is 9.92. The van der Waals surface area contributed by atoms with Crippen LogP contribution < -0.4 is 5.32 Å². The number of aliphatic hydroxyl groups is 1. The predicted molar refractivity (Wildman–Crippen MR) is 99.2 cm³/mol. The fourth-order valence-corrected chi connectivity index (χ4v) is 2.95. The van der Waals surface area contributed by atoms with Gasteiger partial charge in [-0.1, -0.05) is 51.1 Å². The van der Waals surface area contributed by atoms with Crippen molar-refractivity contribution in [2.24, 2.45) is 0 Å². The summed E-state index contributed by atoms with van der Waals surface area (Å²) in [5, 5.41) is 16.6. The van der Waals surface area contributed by atoms with Crippen LogP contribution in [0.2, 0.25) is 0 Å². The Morgan fingerprint density at radius 1 is 1.29 bits per heavy atom. The third-order valence-corrected chi connectivity index (χ3v) is 4.48. The molecule has 0 saturated carbocycles. The molecule has 0 bridgehead atoms. The number of aromatic nitrogens is 2. The van der Waals surface area contributed by atoms with E-state index in [9.17, 15) is 9.90 Å². The van der Waals surface area contributed by atoms with Crippen molar-refractivity contribution in [2.75, 3.05) is 17.7 Å². The summed E-state index contributed by atoms with van der Waals surface area (Å²) in [6.45, 7) is 6.56. The second-order valence-corrected chi connectivity index (χ2v) is 7.62. The van der Waals surface area contributed by atoms with Gasteiger partial charge in [0, 0.05) is 17.2 Å². The van der Waals surface area contributed by atoms with Crippen LogP contribution in [0.5, 0.6) is 0 Å². The molecule has 0 atom stereocenters. The molecule has 0 saturated heterocycles. The normalized spacial score (nSPS) is 11.5. The molecule has 0 fully saturated rings. The summed E-state index contributed by atoms with van der Waals surface area (Å²) in [4.78, 5) is 12.2. The Morgan fingerprint density at radius 3 is 2.62 bits per heavy atom. The summed E-state index contributed by atoms with van der Waals surface area (Å²) in [6, 6.07) is 12.0. The molecular weight excluding hydrogens is 322 g/mol. The summed E-state index contributed by atoms with van der Waals surface area (Å²) in [6.07, 6.45) is 0. The van der Waals surface area contributed by atoms with Gasteiger partial charge in [0.2, 0.25) is 5.91 Å². The number of benzene rings is 1. The van der Waals surface area contributed by atoms with Crippen molar-refractivity contribution in [3.8, 4) is 0 Å². The molecule has 1 amide bonds. The third kappa shape index (κ3) is 5.39. The maximum absolute atomic E-state index is 12.2. The minimum atomic E-state index is -0.109. The molecule has 2 N–H and O–H groups in total. The van der Waals surface area contributed by atoms with Gasteiger partial charge in [0.15, 0.2) is 0 Å². The Kier molecular flexibility index (Phi) is 6.45. The summed E-state index contributed by atoms with van der Waals surface area (Å²) in [7, 11) is 0. The van der Waals surface area contributed by atoms with E-state index in [0.717, 1.165) is 11.4 Å². The van der Waals surface area contributed by atoms with E-state index >= 15 is 0 Å². The molecule has 0 aliphatic rings. The Morgan fingerprint density at radius 2 is 2.00 bits per heavy atom. The molecular formula is C18H25N3O2S. The van der Waals surface area contributed by atoms with Crippen LogP contribution in [0.1, 0.15) is 32.0 Å². The molecule has 2 aromatic rings. The van der Waals surface area contributed by atoms with Crippen molar-refractivity contribution in [1.82, 2.24) is 9.78 Å². The van der Waals surface area contributed by atoms with Gasteiger partial charge >= 0.3 is 0 Å². The highest BCUT2D eigenvalue weighted by Crippen LogP contribution is 2.24. The first-order valence-corrected chi connectivity index (χ1v) is 9.16. The van der Waals surface area contributed by atoms with Crippen molar-refractivity contribution < 1.29 is 9.90 Å². The van der Waals surface area contributed by atoms with Gasteiger partial charge in [0.1, 0.15) is 5.82 Å². The lowest BCUT2D eigenvalue weighted by Crippen LogP contribution is -2.18. The lowest BCUT2D eigenvalue weighted by molar-refractivity contribution is -0.113. The van der Waals surface area contributed by atoms with Crippen LogP contribution >= 0.6 is 11.8 Å². The largest absolute Gasteiger partial charge is 0.394 e. The molecule has 0 unspecified atom stereocenters. The Balaban J connectivity index is 1.94. The summed E-state index contributed by atoms with van der Waals surface area (Å²) in [5.74, 6) is 1.76. The predicted octanol–water partition coefficient (Wildman–Crippen LogP) is 3.04. The zero-order chi connectivity index (χ0) is 17.6. The van der Waals surface area contributed by atoms with E-state index in [-0.39, 0.29) is 17.9 Å². The van der Waals surface area contributed by atoms with Crippen molar-refractivity contribution in [1.29, 1.82) is 0 Å². The summed E-state index contributed by atoms with van der Waals surface area (Å²) >= 11 is 1.57. The number of carbonyl (C=O) groups is 1. The van der Waals surface area contributed by atoms with Gasteiger partial charge in [-0.15, -0.1) is 11.8 Å². The van der Waals surface area contributed by atoms with E-state index in [2.05, 4.69) is 43.3 Å². The highest BCUT2D eigenvalue weighted by molar-refractivity contribution is 7.99. The monoisotopic (exact) mass is 347 g/mol. The fourth-order valence-electron chi connectivity index (χ4n) is 2.16. The zero-order valence-electron chi connectivity index (χ0n) is 14.5. The number of amides is 1. The van der Waals surface area contributed by atoms with Crippen molar-refractivity contribution >= 4 is 23.5 Å². The SMILES string of the molecule is CC(C)(C)c1cc(NC(=O)CSCc2ccccc2)n(CCO)n1.